The third-order valence-corrected chi connectivity index (χ3v) is 2.75. The first-order valence-corrected chi connectivity index (χ1v) is 5.04. The highest BCUT2D eigenvalue weighted by Gasteiger charge is 2.50. The number of hydrogen-bond donors (Lipinski definition) is 1. The van der Waals surface area contributed by atoms with Crippen LogP contribution < -0.4 is 5.32 Å². The highest BCUT2D eigenvalue weighted by molar-refractivity contribution is 5.99. The zero-order valence-corrected chi connectivity index (χ0v) is 8.83. The minimum Gasteiger partial charge on any atom is -0.322 e. The Morgan fingerprint density at radius 1 is 1.41 bits per heavy atom. The topological polar surface area (TPSA) is 76.7 Å². The lowest BCUT2D eigenvalue weighted by Gasteiger charge is -2.08. The first kappa shape index (κ1) is 11.1. The van der Waals surface area contributed by atoms with E-state index in [0.717, 1.165) is 6.07 Å². The average molecular weight is 229 g/mol. The fourth-order valence-corrected chi connectivity index (χ4v) is 1.44. The van der Waals surface area contributed by atoms with Crippen LogP contribution in [-0.4, -0.2) is 5.91 Å². The minimum atomic E-state index is -0.986. The Bertz CT molecular complexity index is 564. The molecule has 0 radical (unpaired) electrons. The number of halogens is 1. The monoisotopic (exact) mass is 229 g/mol. The molecular formula is C12H8FN3O. The number of nitrogens with zero attached hydrogens (tertiary/aromatic N) is 2. The molecule has 5 heteroatoms. The van der Waals surface area contributed by atoms with E-state index < -0.39 is 17.1 Å². The van der Waals surface area contributed by atoms with Crippen molar-refractivity contribution < 1.29 is 9.18 Å². The molecule has 0 spiro atoms. The molecule has 1 amide bonds. The molecule has 1 aliphatic carbocycles. The summed E-state index contributed by atoms with van der Waals surface area (Å²) in [6, 6.07) is 7.49. The molecule has 0 unspecified atom stereocenters. The normalized spacial score (nSPS) is 15.5. The SMILES string of the molecule is N#Cc1ccc(NC(=O)C2(C#N)CC2)c(F)c1. The Morgan fingerprint density at radius 3 is 2.59 bits per heavy atom. The Balaban J connectivity index is 2.18. The van der Waals surface area contributed by atoms with Crippen LogP contribution in [0.5, 0.6) is 0 Å². The van der Waals surface area contributed by atoms with Gasteiger partial charge in [0.15, 0.2) is 0 Å². The molecule has 1 fully saturated rings. The fraction of sp³-hybridized carbons (Fsp3) is 0.250. The molecule has 1 aromatic carbocycles. The summed E-state index contributed by atoms with van der Waals surface area (Å²) in [4.78, 5) is 11.7. The quantitative estimate of drug-likeness (QED) is 0.841. The maximum Gasteiger partial charge on any atom is 0.244 e. The van der Waals surface area contributed by atoms with Gasteiger partial charge in [-0.15, -0.1) is 0 Å². The molecule has 1 aromatic rings. The number of carbonyl (C=O) groups excluding carboxylic acids is 1. The maximum absolute atomic E-state index is 13.5. The van der Waals surface area contributed by atoms with E-state index in [1.54, 1.807) is 6.07 Å². The molecule has 1 N–H and O–H groups in total. The zero-order valence-electron chi connectivity index (χ0n) is 8.83. The average Bonchev–Trinajstić information content (AvgIpc) is 3.12. The second kappa shape index (κ2) is 3.88. The number of hydrogen-bond acceptors (Lipinski definition) is 3. The molecule has 4 nitrogen and oxygen atoms in total. The van der Waals surface area contributed by atoms with Gasteiger partial charge in [0.2, 0.25) is 5.91 Å². The molecule has 0 saturated heterocycles. The number of amides is 1. The number of nitriles is 2. The summed E-state index contributed by atoms with van der Waals surface area (Å²) in [5.41, 5.74) is -0.808. The number of anilines is 1. The van der Waals surface area contributed by atoms with Crippen molar-refractivity contribution in [2.45, 2.75) is 12.8 Å². The van der Waals surface area contributed by atoms with Gasteiger partial charge in [-0.3, -0.25) is 4.79 Å². The van der Waals surface area contributed by atoms with Crippen LogP contribution in [0.4, 0.5) is 10.1 Å². The summed E-state index contributed by atoms with van der Waals surface area (Å²) >= 11 is 0. The van der Waals surface area contributed by atoms with Gasteiger partial charge in [0.1, 0.15) is 11.2 Å². The van der Waals surface area contributed by atoms with E-state index in [4.69, 9.17) is 10.5 Å². The Kier molecular flexibility index (Phi) is 2.53. The summed E-state index contributed by atoms with van der Waals surface area (Å²) in [6.07, 6.45) is 1.01. The van der Waals surface area contributed by atoms with E-state index in [0.29, 0.717) is 12.8 Å². The molecule has 0 atom stereocenters. The second-order valence-corrected chi connectivity index (χ2v) is 3.95. The predicted molar refractivity (Wildman–Crippen MR) is 57.0 cm³/mol. The molecule has 1 saturated carbocycles. The maximum atomic E-state index is 13.5. The summed E-state index contributed by atoms with van der Waals surface area (Å²) in [5, 5.41) is 19.7. The Hall–Kier alpha value is -2.40. The van der Waals surface area contributed by atoms with Gasteiger partial charge in [-0.25, -0.2) is 4.39 Å². The van der Waals surface area contributed by atoms with E-state index in [9.17, 15) is 9.18 Å². The molecule has 84 valence electrons. The van der Waals surface area contributed by atoms with Gasteiger partial charge in [0.05, 0.1) is 23.4 Å². The molecule has 1 aliphatic rings. The molecular weight excluding hydrogens is 221 g/mol. The molecule has 0 aromatic heterocycles. The largest absolute Gasteiger partial charge is 0.322 e. The number of carbonyl (C=O) groups is 1. The van der Waals surface area contributed by atoms with Crippen molar-refractivity contribution in [3.05, 3.63) is 29.6 Å². The molecule has 0 aliphatic heterocycles. The summed E-state index contributed by atoms with van der Waals surface area (Å²) in [6.45, 7) is 0. The van der Waals surface area contributed by atoms with E-state index in [1.165, 1.54) is 12.1 Å². The van der Waals surface area contributed by atoms with E-state index in [2.05, 4.69) is 5.32 Å². The highest BCUT2D eigenvalue weighted by Crippen LogP contribution is 2.45. The van der Waals surface area contributed by atoms with E-state index in [1.807, 2.05) is 6.07 Å². The van der Waals surface area contributed by atoms with Gasteiger partial charge in [0.25, 0.3) is 0 Å². The highest BCUT2D eigenvalue weighted by atomic mass is 19.1. The van der Waals surface area contributed by atoms with Gasteiger partial charge in [-0.05, 0) is 31.0 Å². The molecule has 2 rings (SSSR count). The number of rotatable bonds is 2. The lowest BCUT2D eigenvalue weighted by Crippen LogP contribution is -2.23. The fourth-order valence-electron chi connectivity index (χ4n) is 1.44. The van der Waals surface area contributed by atoms with Gasteiger partial charge >= 0.3 is 0 Å². The van der Waals surface area contributed by atoms with Crippen molar-refractivity contribution >= 4 is 11.6 Å². The van der Waals surface area contributed by atoms with Crippen LogP contribution in [0.3, 0.4) is 0 Å². The first-order chi connectivity index (χ1) is 8.11. The predicted octanol–water partition coefficient (Wildman–Crippen LogP) is 1.94. The summed E-state index contributed by atoms with van der Waals surface area (Å²) < 4.78 is 13.5. The van der Waals surface area contributed by atoms with Crippen LogP contribution in [0.15, 0.2) is 18.2 Å². The third kappa shape index (κ3) is 1.95. The van der Waals surface area contributed by atoms with Crippen LogP contribution in [0.25, 0.3) is 0 Å². The van der Waals surface area contributed by atoms with Gasteiger partial charge in [-0.2, -0.15) is 10.5 Å². The molecule has 0 bridgehead atoms. The van der Waals surface area contributed by atoms with Crippen LogP contribution in [0.1, 0.15) is 18.4 Å². The van der Waals surface area contributed by atoms with Gasteiger partial charge in [-0.1, -0.05) is 0 Å². The zero-order chi connectivity index (χ0) is 12.5. The van der Waals surface area contributed by atoms with Crippen molar-refractivity contribution in [3.63, 3.8) is 0 Å². The Labute approximate surface area is 97.3 Å². The van der Waals surface area contributed by atoms with Crippen molar-refractivity contribution in [2.75, 3.05) is 5.32 Å². The van der Waals surface area contributed by atoms with Gasteiger partial charge < -0.3 is 5.32 Å². The third-order valence-electron chi connectivity index (χ3n) is 2.75. The lowest BCUT2D eigenvalue weighted by atomic mass is 10.1. The van der Waals surface area contributed by atoms with Gasteiger partial charge in [0, 0.05) is 0 Å². The second-order valence-electron chi connectivity index (χ2n) is 3.95. The van der Waals surface area contributed by atoms with Crippen molar-refractivity contribution in [3.8, 4) is 12.1 Å². The number of benzene rings is 1. The van der Waals surface area contributed by atoms with Crippen LogP contribution >= 0.6 is 0 Å². The van der Waals surface area contributed by atoms with E-state index >= 15 is 0 Å². The van der Waals surface area contributed by atoms with Crippen molar-refractivity contribution in [2.24, 2.45) is 5.41 Å². The first-order valence-electron chi connectivity index (χ1n) is 5.04. The van der Waals surface area contributed by atoms with E-state index in [-0.39, 0.29) is 11.3 Å². The van der Waals surface area contributed by atoms with Crippen molar-refractivity contribution in [1.82, 2.24) is 0 Å². The number of nitrogens with one attached hydrogen (secondary N) is 1. The van der Waals surface area contributed by atoms with Crippen molar-refractivity contribution in [1.29, 1.82) is 10.5 Å². The minimum absolute atomic E-state index is 0.00414. The lowest BCUT2D eigenvalue weighted by molar-refractivity contribution is -0.119. The standard InChI is InChI=1S/C12H8FN3O/c13-9-5-8(6-14)1-2-10(9)16-11(17)12(7-15)3-4-12/h1-2,5H,3-4H2,(H,16,17). The Morgan fingerprint density at radius 2 is 2.12 bits per heavy atom. The molecule has 17 heavy (non-hydrogen) atoms. The smallest absolute Gasteiger partial charge is 0.244 e. The van der Waals surface area contributed by atoms with Crippen LogP contribution in [-0.2, 0) is 4.79 Å². The van der Waals surface area contributed by atoms with Crippen LogP contribution in [0, 0.1) is 33.9 Å². The van der Waals surface area contributed by atoms with Crippen LogP contribution in [0.2, 0.25) is 0 Å². The molecule has 0 heterocycles. The summed E-state index contributed by atoms with van der Waals surface area (Å²) in [7, 11) is 0. The summed E-state index contributed by atoms with van der Waals surface area (Å²) in [5.74, 6) is -1.16.